The van der Waals surface area contributed by atoms with Crippen LogP contribution >= 0.6 is 11.6 Å². The molecule has 1 aromatic heterocycles. The summed E-state index contributed by atoms with van der Waals surface area (Å²) in [5.74, 6) is 0. The van der Waals surface area contributed by atoms with E-state index in [4.69, 9.17) is 16.9 Å². The maximum absolute atomic E-state index is 13.6. The van der Waals surface area contributed by atoms with Crippen LogP contribution in [0, 0.1) is 11.5 Å². The Balaban J connectivity index is 3.26. The number of aromatic nitrogens is 1. The summed E-state index contributed by atoms with van der Waals surface area (Å²) in [6.45, 7) is 0. The molecule has 0 radical (unpaired) electrons. The van der Waals surface area contributed by atoms with Gasteiger partial charge in [0, 0.05) is 18.0 Å². The average Bonchev–Trinajstić information content (AvgIpc) is 2.18. The highest BCUT2D eigenvalue weighted by molar-refractivity contribution is 8.00. The first-order chi connectivity index (χ1) is 6.97. The molecule has 1 unspecified atom stereocenters. The summed E-state index contributed by atoms with van der Waals surface area (Å²) in [5, 5.41) is 7.57. The van der Waals surface area contributed by atoms with Gasteiger partial charge in [0.25, 0.3) is 0 Å². The summed E-state index contributed by atoms with van der Waals surface area (Å²) in [6.07, 6.45) is 3.69. The van der Waals surface area contributed by atoms with E-state index in [1.54, 1.807) is 0 Å². The molecule has 0 saturated carbocycles. The second-order valence-electron chi connectivity index (χ2n) is 2.70. The van der Waals surface area contributed by atoms with Gasteiger partial charge >= 0.3 is 0 Å². The van der Waals surface area contributed by atoms with Crippen LogP contribution in [0.2, 0.25) is 5.15 Å². The monoisotopic (exact) mass is 247 g/mol. The van der Waals surface area contributed by atoms with Crippen molar-refractivity contribution in [2.75, 3.05) is 6.26 Å². The van der Waals surface area contributed by atoms with Crippen LogP contribution in [0.25, 0.3) is 0 Å². The summed E-state index contributed by atoms with van der Waals surface area (Å²) in [6, 6.07) is 2.71. The molecular weight excluding hydrogens is 241 g/mol. The van der Waals surface area contributed by atoms with E-state index in [2.05, 4.69) is 4.98 Å². The average molecular weight is 248 g/mol. The van der Waals surface area contributed by atoms with Crippen LogP contribution in [0.4, 0.5) is 4.39 Å². The van der Waals surface area contributed by atoms with Gasteiger partial charge in [-0.25, -0.2) is 13.9 Å². The fourth-order valence-corrected chi connectivity index (χ4v) is 1.79. The zero-order valence-corrected chi connectivity index (χ0v) is 9.27. The zero-order chi connectivity index (χ0) is 11.5. The Bertz CT molecular complexity index is 514. The van der Waals surface area contributed by atoms with Crippen LogP contribution in [0.5, 0.6) is 0 Å². The smallest absolute Gasteiger partial charge is 0.202 e. The van der Waals surface area contributed by atoms with Crippen molar-refractivity contribution in [2.45, 2.75) is 0 Å². The minimum Gasteiger partial charge on any atom is -0.247 e. The van der Waals surface area contributed by atoms with Crippen molar-refractivity contribution in [3.05, 3.63) is 29.0 Å². The lowest BCUT2D eigenvalue weighted by molar-refractivity contribution is 0.678. The van der Waals surface area contributed by atoms with Gasteiger partial charge in [-0.1, -0.05) is 11.6 Å². The summed E-state index contributed by atoms with van der Waals surface area (Å²) >= 11 is 5.51. The molecule has 15 heavy (non-hydrogen) atoms. The number of nitrogens with one attached hydrogen (secondary N) is 1. The third-order valence-electron chi connectivity index (χ3n) is 1.54. The van der Waals surface area contributed by atoms with E-state index < -0.39 is 14.8 Å². The molecule has 1 aromatic rings. The number of nitrogens with zero attached hydrogens (tertiary/aromatic N) is 2. The molecule has 7 heteroatoms. The topological polar surface area (TPSA) is 65.8 Å². The molecule has 1 heterocycles. The number of rotatable bonds is 2. The molecule has 0 saturated heterocycles. The highest BCUT2D eigenvalue weighted by Gasteiger charge is 2.11. The van der Waals surface area contributed by atoms with Crippen LogP contribution in [0.1, 0.15) is 5.56 Å². The number of nitriles is 1. The lowest BCUT2D eigenvalue weighted by atomic mass is 10.3. The Kier molecular flexibility index (Phi) is 3.50. The zero-order valence-electron chi connectivity index (χ0n) is 7.70. The summed E-state index contributed by atoms with van der Waals surface area (Å²) in [4.78, 5) is 3.64. The van der Waals surface area contributed by atoms with E-state index in [1.807, 2.05) is 4.72 Å². The molecule has 1 rings (SSSR count). The summed E-state index contributed by atoms with van der Waals surface area (Å²) in [5.41, 5.74) is 0.0367. The number of hydrogen-bond donors (Lipinski definition) is 1. The Morgan fingerprint density at radius 2 is 2.40 bits per heavy atom. The second kappa shape index (κ2) is 4.47. The van der Waals surface area contributed by atoms with Gasteiger partial charge in [0.1, 0.15) is 5.15 Å². The van der Waals surface area contributed by atoms with Gasteiger partial charge in [0.05, 0.1) is 9.71 Å². The Morgan fingerprint density at radius 3 is 2.87 bits per heavy atom. The molecule has 0 aliphatic carbocycles. The molecular formula is C8H7ClFN3OS. The molecule has 0 aromatic carbocycles. The van der Waals surface area contributed by atoms with Crippen LogP contribution in [-0.2, 0) is 9.71 Å². The van der Waals surface area contributed by atoms with E-state index in [-0.39, 0.29) is 10.7 Å². The van der Waals surface area contributed by atoms with Gasteiger partial charge in [-0.2, -0.15) is 9.65 Å². The quantitative estimate of drug-likeness (QED) is 0.280. The SMILES string of the molecule is CS(=O)(NC#N)=C(F)c1ccc(Cl)nc1. The molecule has 0 bridgehead atoms. The first-order valence-corrected chi connectivity index (χ1v) is 6.11. The van der Waals surface area contributed by atoms with Gasteiger partial charge in [-0.3, -0.25) is 0 Å². The highest BCUT2D eigenvalue weighted by Crippen LogP contribution is 2.08. The molecule has 1 atom stereocenters. The molecule has 0 aliphatic rings. The molecule has 4 nitrogen and oxygen atoms in total. The normalized spacial score (nSPS) is 13.7. The lowest BCUT2D eigenvalue weighted by Gasteiger charge is -2.04. The molecule has 1 N–H and O–H groups in total. The van der Waals surface area contributed by atoms with Crippen molar-refractivity contribution < 1.29 is 8.60 Å². The fourth-order valence-electron chi connectivity index (χ4n) is 0.849. The summed E-state index contributed by atoms with van der Waals surface area (Å²) in [7, 11) is -3.17. The lowest BCUT2D eigenvalue weighted by Crippen LogP contribution is -2.23. The van der Waals surface area contributed by atoms with Crippen LogP contribution in [0.3, 0.4) is 0 Å². The van der Waals surface area contributed by atoms with Gasteiger partial charge in [0.15, 0.2) is 6.19 Å². The third-order valence-corrected chi connectivity index (χ3v) is 3.16. The van der Waals surface area contributed by atoms with E-state index in [9.17, 15) is 8.60 Å². The van der Waals surface area contributed by atoms with Gasteiger partial charge in [0.2, 0.25) is 5.12 Å². The van der Waals surface area contributed by atoms with Crippen molar-refractivity contribution in [2.24, 2.45) is 0 Å². The van der Waals surface area contributed by atoms with Gasteiger partial charge in [-0.05, 0) is 12.1 Å². The minimum atomic E-state index is -3.17. The van der Waals surface area contributed by atoms with Crippen molar-refractivity contribution in [3.63, 3.8) is 0 Å². The van der Waals surface area contributed by atoms with Gasteiger partial charge in [-0.15, -0.1) is 0 Å². The molecule has 80 valence electrons. The van der Waals surface area contributed by atoms with Crippen molar-refractivity contribution in [1.29, 1.82) is 5.26 Å². The van der Waals surface area contributed by atoms with E-state index in [0.717, 1.165) is 12.5 Å². The Labute approximate surface area is 91.8 Å². The van der Waals surface area contributed by atoms with E-state index in [0.29, 0.717) is 0 Å². The first-order valence-electron chi connectivity index (χ1n) is 3.77. The molecule has 0 aliphatic heterocycles. The van der Waals surface area contributed by atoms with Crippen molar-refractivity contribution in [1.82, 2.24) is 9.71 Å². The largest absolute Gasteiger partial charge is 0.247 e. The van der Waals surface area contributed by atoms with Gasteiger partial charge < -0.3 is 0 Å². The highest BCUT2D eigenvalue weighted by atomic mass is 35.5. The molecule has 0 fully saturated rings. The Hall–Kier alpha value is -1.32. The maximum Gasteiger partial charge on any atom is 0.202 e. The van der Waals surface area contributed by atoms with Crippen LogP contribution in [-0.4, -0.2) is 20.6 Å². The molecule has 0 spiro atoms. The number of halogens is 2. The third kappa shape index (κ3) is 2.81. The number of pyridine rings is 1. The van der Waals surface area contributed by atoms with Crippen molar-refractivity contribution >= 4 is 26.4 Å². The predicted octanol–water partition coefficient (Wildman–Crippen LogP) is 1.08. The second-order valence-corrected chi connectivity index (χ2v) is 5.34. The first kappa shape index (κ1) is 11.8. The predicted molar refractivity (Wildman–Crippen MR) is 57.3 cm³/mol. The van der Waals surface area contributed by atoms with Crippen LogP contribution in [0.15, 0.2) is 18.3 Å². The fraction of sp³-hybridized carbons (Fsp3) is 0.125. The standard InChI is InChI=1S/C8H7ClFN3OS/c1-15(14,13-5-11)8(10)6-2-3-7(9)12-4-6/h2-4H,1H3,(H,13,14). The number of hydrogen-bond acceptors (Lipinski definition) is 3. The summed E-state index contributed by atoms with van der Waals surface area (Å²) < 4.78 is 27.0. The Morgan fingerprint density at radius 1 is 1.73 bits per heavy atom. The van der Waals surface area contributed by atoms with E-state index >= 15 is 0 Å². The maximum atomic E-state index is 13.6. The minimum absolute atomic E-state index is 0.0367. The van der Waals surface area contributed by atoms with E-state index in [1.165, 1.54) is 18.3 Å². The van der Waals surface area contributed by atoms with Crippen molar-refractivity contribution in [3.8, 4) is 6.19 Å². The van der Waals surface area contributed by atoms with Crippen LogP contribution < -0.4 is 4.72 Å². The molecule has 0 amide bonds.